The lowest BCUT2D eigenvalue weighted by molar-refractivity contribution is 0.133. The van der Waals surface area contributed by atoms with Crippen molar-refractivity contribution in [1.29, 1.82) is 0 Å². The Balaban J connectivity index is 0.00000256. The first-order valence-electron chi connectivity index (χ1n) is 5.81. The van der Waals surface area contributed by atoms with Crippen LogP contribution in [0.2, 0.25) is 0 Å². The van der Waals surface area contributed by atoms with Gasteiger partial charge in [-0.25, -0.2) is 0 Å². The second-order valence-electron chi connectivity index (χ2n) is 5.63. The second kappa shape index (κ2) is 6.39. The highest BCUT2D eigenvalue weighted by Crippen LogP contribution is 2.26. The Kier molecular flexibility index (Phi) is 6.17. The van der Waals surface area contributed by atoms with Crippen LogP contribution in [-0.4, -0.2) is 11.1 Å². The van der Waals surface area contributed by atoms with Gasteiger partial charge in [-0.1, -0.05) is 50.6 Å². The van der Waals surface area contributed by atoms with E-state index in [0.29, 0.717) is 6.42 Å². The Morgan fingerprint density at radius 1 is 1.18 bits per heavy atom. The van der Waals surface area contributed by atoms with Crippen LogP contribution < -0.4 is 5.73 Å². The van der Waals surface area contributed by atoms with Crippen molar-refractivity contribution in [2.24, 2.45) is 11.1 Å². The summed E-state index contributed by atoms with van der Waals surface area (Å²) in [5, 5.41) is 10.1. The third-order valence-corrected chi connectivity index (χ3v) is 3.05. The summed E-state index contributed by atoms with van der Waals surface area (Å²) in [4.78, 5) is 0. The van der Waals surface area contributed by atoms with Gasteiger partial charge in [0.2, 0.25) is 0 Å². The van der Waals surface area contributed by atoms with Gasteiger partial charge in [0.1, 0.15) is 0 Å². The minimum Gasteiger partial charge on any atom is -0.388 e. The Morgan fingerprint density at radius 2 is 1.65 bits per heavy atom. The number of benzene rings is 1. The van der Waals surface area contributed by atoms with Crippen molar-refractivity contribution >= 4 is 12.4 Å². The maximum absolute atomic E-state index is 10.1. The lowest BCUT2D eigenvalue weighted by Crippen LogP contribution is -2.36. The van der Waals surface area contributed by atoms with Crippen molar-refractivity contribution in [2.75, 3.05) is 0 Å². The van der Waals surface area contributed by atoms with Gasteiger partial charge in [0, 0.05) is 6.04 Å². The van der Waals surface area contributed by atoms with E-state index in [9.17, 15) is 5.11 Å². The van der Waals surface area contributed by atoms with Crippen LogP contribution >= 0.6 is 12.4 Å². The van der Waals surface area contributed by atoms with Gasteiger partial charge in [-0.05, 0) is 24.3 Å². The summed E-state index contributed by atoms with van der Waals surface area (Å²) in [7, 11) is 0. The Hall–Kier alpha value is -0.570. The minimum absolute atomic E-state index is 0. The van der Waals surface area contributed by atoms with Crippen molar-refractivity contribution in [3.05, 3.63) is 35.4 Å². The molecule has 1 rings (SSSR count). The zero-order valence-electron chi connectivity index (χ0n) is 11.1. The SMILES string of the molecule is Cc1ccc([C@H](O)C[C@H](N)C(C)(C)C)cc1.Cl. The van der Waals surface area contributed by atoms with E-state index in [1.54, 1.807) is 0 Å². The number of aliphatic hydroxyl groups excluding tert-OH is 1. The monoisotopic (exact) mass is 257 g/mol. The van der Waals surface area contributed by atoms with Gasteiger partial charge in [0.15, 0.2) is 0 Å². The molecule has 0 aromatic heterocycles. The summed E-state index contributed by atoms with van der Waals surface area (Å²) < 4.78 is 0. The first kappa shape index (κ1) is 16.4. The normalized spacial score (nSPS) is 14.9. The van der Waals surface area contributed by atoms with E-state index in [1.807, 2.05) is 31.2 Å². The Bertz CT molecular complexity index is 329. The van der Waals surface area contributed by atoms with E-state index in [0.717, 1.165) is 5.56 Å². The molecule has 0 radical (unpaired) electrons. The molecule has 98 valence electrons. The number of nitrogens with two attached hydrogens (primary N) is 1. The van der Waals surface area contributed by atoms with E-state index in [-0.39, 0.29) is 23.9 Å². The molecule has 3 N–H and O–H groups in total. The summed E-state index contributed by atoms with van der Waals surface area (Å²) >= 11 is 0. The molecule has 0 unspecified atom stereocenters. The van der Waals surface area contributed by atoms with E-state index in [1.165, 1.54) is 5.56 Å². The van der Waals surface area contributed by atoms with Crippen LogP contribution in [0.4, 0.5) is 0 Å². The first-order chi connectivity index (χ1) is 7.30. The summed E-state index contributed by atoms with van der Waals surface area (Å²) in [5.74, 6) is 0. The van der Waals surface area contributed by atoms with Crippen molar-refractivity contribution in [2.45, 2.75) is 46.3 Å². The van der Waals surface area contributed by atoms with Gasteiger partial charge in [0.25, 0.3) is 0 Å². The zero-order chi connectivity index (χ0) is 12.3. The summed E-state index contributed by atoms with van der Waals surface area (Å²) in [6.45, 7) is 8.33. The molecule has 1 aromatic rings. The van der Waals surface area contributed by atoms with Gasteiger partial charge in [-0.2, -0.15) is 0 Å². The van der Waals surface area contributed by atoms with Crippen LogP contribution in [0, 0.1) is 12.3 Å². The fourth-order valence-corrected chi connectivity index (χ4v) is 1.52. The fourth-order valence-electron chi connectivity index (χ4n) is 1.52. The van der Waals surface area contributed by atoms with Gasteiger partial charge in [0.05, 0.1) is 6.10 Å². The van der Waals surface area contributed by atoms with Gasteiger partial charge in [-0.3, -0.25) is 0 Å². The standard InChI is InChI=1S/C14H23NO.ClH/c1-10-5-7-11(8-6-10)12(16)9-13(15)14(2,3)4;/h5-8,12-13,16H,9,15H2,1-4H3;1H/t12-,13+;/m1./s1. The molecule has 0 spiro atoms. The van der Waals surface area contributed by atoms with Crippen LogP contribution in [0.1, 0.15) is 44.4 Å². The van der Waals surface area contributed by atoms with Crippen molar-refractivity contribution in [3.8, 4) is 0 Å². The van der Waals surface area contributed by atoms with Gasteiger partial charge >= 0.3 is 0 Å². The zero-order valence-corrected chi connectivity index (χ0v) is 11.9. The molecule has 1 aromatic carbocycles. The Labute approximate surface area is 111 Å². The maximum Gasteiger partial charge on any atom is 0.0805 e. The molecule has 2 atom stereocenters. The van der Waals surface area contributed by atoms with E-state index < -0.39 is 6.10 Å². The van der Waals surface area contributed by atoms with Crippen molar-refractivity contribution < 1.29 is 5.11 Å². The van der Waals surface area contributed by atoms with Crippen LogP contribution in [-0.2, 0) is 0 Å². The van der Waals surface area contributed by atoms with Gasteiger partial charge < -0.3 is 10.8 Å². The topological polar surface area (TPSA) is 46.2 Å². The Morgan fingerprint density at radius 3 is 2.06 bits per heavy atom. The fraction of sp³-hybridized carbons (Fsp3) is 0.571. The number of aliphatic hydroxyl groups is 1. The first-order valence-corrected chi connectivity index (χ1v) is 5.81. The third-order valence-electron chi connectivity index (χ3n) is 3.05. The summed E-state index contributed by atoms with van der Waals surface area (Å²) in [6.07, 6.45) is 0.141. The molecule has 0 fully saturated rings. The molecule has 3 heteroatoms. The molecule has 0 amide bonds. The molecule has 0 aliphatic heterocycles. The largest absolute Gasteiger partial charge is 0.388 e. The summed E-state index contributed by atoms with van der Waals surface area (Å²) in [6, 6.07) is 7.97. The van der Waals surface area contributed by atoms with E-state index in [4.69, 9.17) is 5.73 Å². The highest BCUT2D eigenvalue weighted by molar-refractivity contribution is 5.85. The smallest absolute Gasteiger partial charge is 0.0805 e. The van der Waals surface area contributed by atoms with Crippen molar-refractivity contribution in [3.63, 3.8) is 0 Å². The molecule has 0 saturated carbocycles. The molecule has 0 aliphatic carbocycles. The van der Waals surface area contributed by atoms with Crippen LogP contribution in [0.5, 0.6) is 0 Å². The summed E-state index contributed by atoms with van der Waals surface area (Å²) in [5.41, 5.74) is 8.25. The number of halogens is 1. The molecular formula is C14H24ClNO. The predicted molar refractivity (Wildman–Crippen MR) is 75.4 cm³/mol. The number of rotatable bonds is 3. The van der Waals surface area contributed by atoms with E-state index in [2.05, 4.69) is 20.8 Å². The number of aryl methyl sites for hydroxylation is 1. The van der Waals surface area contributed by atoms with Crippen LogP contribution in [0.25, 0.3) is 0 Å². The molecule has 17 heavy (non-hydrogen) atoms. The average Bonchev–Trinajstić information content (AvgIpc) is 2.17. The minimum atomic E-state index is -0.463. The molecule has 0 aliphatic rings. The second-order valence-corrected chi connectivity index (χ2v) is 5.63. The molecule has 0 saturated heterocycles. The molecule has 2 nitrogen and oxygen atoms in total. The average molecular weight is 258 g/mol. The number of hydrogen-bond donors (Lipinski definition) is 2. The lowest BCUT2D eigenvalue weighted by Gasteiger charge is -2.29. The maximum atomic E-state index is 10.1. The quantitative estimate of drug-likeness (QED) is 0.874. The molecule has 0 heterocycles. The lowest BCUT2D eigenvalue weighted by atomic mass is 9.83. The van der Waals surface area contributed by atoms with Crippen LogP contribution in [0.3, 0.4) is 0 Å². The predicted octanol–water partition coefficient (Wildman–Crippen LogP) is 3.21. The van der Waals surface area contributed by atoms with E-state index >= 15 is 0 Å². The molecular weight excluding hydrogens is 234 g/mol. The van der Waals surface area contributed by atoms with Crippen molar-refractivity contribution in [1.82, 2.24) is 0 Å². The molecule has 0 bridgehead atoms. The van der Waals surface area contributed by atoms with Crippen LogP contribution in [0.15, 0.2) is 24.3 Å². The third kappa shape index (κ3) is 5.07. The highest BCUT2D eigenvalue weighted by Gasteiger charge is 2.23. The van der Waals surface area contributed by atoms with Gasteiger partial charge in [-0.15, -0.1) is 12.4 Å². The highest BCUT2D eigenvalue weighted by atomic mass is 35.5. The number of hydrogen-bond acceptors (Lipinski definition) is 2.